The smallest absolute Gasteiger partial charge is 0.293 e. The molecule has 1 aliphatic rings. The predicted octanol–water partition coefficient (Wildman–Crippen LogP) is 6.49. The standard InChI is InChI=1S/C25H17Cl2NO4S/c26-19-11-10-18(20(27)13-19)15-32-22-9-5-4-8-17(22)12-23-24(30)28(25(31)33-23)14-21(29)16-6-2-1-3-7-16/h1-13H,14-15H2/b23-12+. The highest BCUT2D eigenvalue weighted by Crippen LogP contribution is 2.34. The maximum Gasteiger partial charge on any atom is 0.293 e. The second-order valence-corrected chi connectivity index (χ2v) is 8.96. The lowest BCUT2D eigenvalue weighted by Crippen LogP contribution is -2.33. The number of thioether (sulfide) groups is 1. The molecule has 8 heteroatoms. The number of ketones is 1. The molecule has 33 heavy (non-hydrogen) atoms. The van der Waals surface area contributed by atoms with Gasteiger partial charge in [-0.25, -0.2) is 0 Å². The van der Waals surface area contributed by atoms with E-state index in [1.165, 1.54) is 0 Å². The fraction of sp³-hybridized carbons (Fsp3) is 0.0800. The molecule has 3 aromatic carbocycles. The molecule has 1 saturated heterocycles. The van der Waals surface area contributed by atoms with Crippen molar-refractivity contribution >= 4 is 58.0 Å². The van der Waals surface area contributed by atoms with E-state index in [0.29, 0.717) is 26.9 Å². The minimum Gasteiger partial charge on any atom is -0.488 e. The van der Waals surface area contributed by atoms with Gasteiger partial charge < -0.3 is 4.74 Å². The van der Waals surface area contributed by atoms with Crippen molar-refractivity contribution in [3.05, 3.63) is 104 Å². The molecule has 0 aliphatic carbocycles. The van der Waals surface area contributed by atoms with Crippen molar-refractivity contribution in [3.63, 3.8) is 0 Å². The number of benzene rings is 3. The topological polar surface area (TPSA) is 63.7 Å². The number of carbonyl (C=O) groups is 3. The zero-order valence-corrected chi connectivity index (χ0v) is 19.5. The third-order valence-electron chi connectivity index (χ3n) is 4.87. The number of para-hydroxylation sites is 1. The number of nitrogens with zero attached hydrogens (tertiary/aromatic N) is 1. The van der Waals surface area contributed by atoms with Gasteiger partial charge in [0.1, 0.15) is 12.4 Å². The Kier molecular flexibility index (Phi) is 7.18. The van der Waals surface area contributed by atoms with Gasteiger partial charge in [-0.1, -0.05) is 77.8 Å². The molecule has 5 nitrogen and oxygen atoms in total. The molecule has 1 aliphatic heterocycles. The molecule has 166 valence electrons. The molecule has 3 aromatic rings. The predicted molar refractivity (Wildman–Crippen MR) is 131 cm³/mol. The highest BCUT2D eigenvalue weighted by Gasteiger charge is 2.36. The molecule has 0 atom stereocenters. The average molecular weight is 498 g/mol. The van der Waals surface area contributed by atoms with Crippen molar-refractivity contribution in [2.75, 3.05) is 6.54 Å². The largest absolute Gasteiger partial charge is 0.488 e. The first kappa shape index (κ1) is 23.1. The van der Waals surface area contributed by atoms with Crippen LogP contribution >= 0.6 is 35.0 Å². The lowest BCUT2D eigenvalue weighted by Gasteiger charge is -2.12. The summed E-state index contributed by atoms with van der Waals surface area (Å²) >= 11 is 12.9. The summed E-state index contributed by atoms with van der Waals surface area (Å²) < 4.78 is 5.92. The number of amides is 2. The van der Waals surface area contributed by atoms with Crippen LogP contribution in [0.5, 0.6) is 5.75 Å². The third-order valence-corrected chi connectivity index (χ3v) is 6.37. The minimum atomic E-state index is -0.509. The molecule has 0 N–H and O–H groups in total. The van der Waals surface area contributed by atoms with Gasteiger partial charge in [0.2, 0.25) is 0 Å². The number of imide groups is 1. The van der Waals surface area contributed by atoms with E-state index in [1.807, 2.05) is 0 Å². The Morgan fingerprint density at radius 1 is 0.970 bits per heavy atom. The monoisotopic (exact) mass is 497 g/mol. The first-order chi connectivity index (χ1) is 15.9. The first-order valence-corrected chi connectivity index (χ1v) is 11.5. The van der Waals surface area contributed by atoms with Crippen LogP contribution in [0.2, 0.25) is 10.0 Å². The van der Waals surface area contributed by atoms with E-state index in [2.05, 4.69) is 0 Å². The summed E-state index contributed by atoms with van der Waals surface area (Å²) in [6.45, 7) is -0.104. The van der Waals surface area contributed by atoms with Crippen molar-refractivity contribution in [2.24, 2.45) is 0 Å². The van der Waals surface area contributed by atoms with E-state index in [1.54, 1.807) is 78.9 Å². The van der Waals surface area contributed by atoms with Crippen LogP contribution < -0.4 is 4.74 Å². The van der Waals surface area contributed by atoms with Crippen LogP contribution in [-0.2, 0) is 11.4 Å². The number of ether oxygens (including phenoxy) is 1. The molecule has 0 radical (unpaired) electrons. The lowest BCUT2D eigenvalue weighted by atomic mass is 10.1. The molecule has 1 heterocycles. The van der Waals surface area contributed by atoms with Crippen molar-refractivity contribution in [1.82, 2.24) is 4.90 Å². The molecule has 0 spiro atoms. The summed E-state index contributed by atoms with van der Waals surface area (Å²) in [5.41, 5.74) is 1.83. The highest BCUT2D eigenvalue weighted by atomic mass is 35.5. The van der Waals surface area contributed by atoms with E-state index in [4.69, 9.17) is 27.9 Å². The van der Waals surface area contributed by atoms with E-state index < -0.39 is 11.1 Å². The van der Waals surface area contributed by atoms with Gasteiger partial charge >= 0.3 is 0 Å². The SMILES string of the molecule is O=C(CN1C(=O)S/C(=C/c2ccccc2OCc2ccc(Cl)cc2Cl)C1=O)c1ccccc1. The molecule has 0 aromatic heterocycles. The van der Waals surface area contributed by atoms with Crippen molar-refractivity contribution in [2.45, 2.75) is 6.61 Å². The van der Waals surface area contributed by atoms with E-state index in [0.717, 1.165) is 22.2 Å². The normalized spacial score (nSPS) is 14.7. The maximum absolute atomic E-state index is 12.8. The van der Waals surface area contributed by atoms with Crippen LogP contribution in [0, 0.1) is 0 Å². The Bertz CT molecular complexity index is 1260. The van der Waals surface area contributed by atoms with Crippen LogP contribution in [0.4, 0.5) is 4.79 Å². The molecule has 0 unspecified atom stereocenters. The van der Waals surface area contributed by atoms with Crippen molar-refractivity contribution in [3.8, 4) is 5.75 Å². The second-order valence-electron chi connectivity index (χ2n) is 7.12. The maximum atomic E-state index is 12.8. The van der Waals surface area contributed by atoms with Gasteiger partial charge in [-0.05, 0) is 36.0 Å². The van der Waals surface area contributed by atoms with Crippen LogP contribution in [0.15, 0.2) is 77.7 Å². The summed E-state index contributed by atoms with van der Waals surface area (Å²) in [7, 11) is 0. The first-order valence-electron chi connectivity index (χ1n) is 9.92. The average Bonchev–Trinajstić information content (AvgIpc) is 3.07. The Labute approximate surface area is 204 Å². The quantitative estimate of drug-likeness (QED) is 0.275. The van der Waals surface area contributed by atoms with Crippen molar-refractivity contribution < 1.29 is 19.1 Å². The van der Waals surface area contributed by atoms with Crippen LogP contribution in [0.1, 0.15) is 21.5 Å². The summed E-state index contributed by atoms with van der Waals surface area (Å²) in [5.74, 6) is -0.289. The number of Topliss-reactive ketones (excluding diaryl/α,β-unsaturated/α-hetero) is 1. The molecule has 2 amide bonds. The molecule has 4 rings (SSSR count). The number of rotatable bonds is 7. The fourth-order valence-corrected chi connectivity index (χ4v) is 4.45. The van der Waals surface area contributed by atoms with Crippen LogP contribution in [0.3, 0.4) is 0 Å². The zero-order chi connectivity index (χ0) is 23.4. The summed E-state index contributed by atoms with van der Waals surface area (Å²) in [4.78, 5) is 38.9. The number of hydrogen-bond acceptors (Lipinski definition) is 5. The number of halogens is 2. The number of hydrogen-bond donors (Lipinski definition) is 0. The summed E-state index contributed by atoms with van der Waals surface area (Å²) in [6.07, 6.45) is 1.59. The second kappa shape index (κ2) is 10.3. The molecular weight excluding hydrogens is 481 g/mol. The van der Waals surface area contributed by atoms with Gasteiger partial charge in [0, 0.05) is 26.7 Å². The zero-order valence-electron chi connectivity index (χ0n) is 17.2. The molecule has 0 saturated carbocycles. The van der Waals surface area contributed by atoms with Gasteiger partial charge in [0.25, 0.3) is 11.1 Å². The van der Waals surface area contributed by atoms with Gasteiger partial charge in [0.05, 0.1) is 11.4 Å². The van der Waals surface area contributed by atoms with Gasteiger partial charge in [-0.15, -0.1) is 0 Å². The van der Waals surface area contributed by atoms with Crippen molar-refractivity contribution in [1.29, 1.82) is 0 Å². The molecule has 1 fully saturated rings. The third kappa shape index (κ3) is 5.47. The Balaban J connectivity index is 1.50. The lowest BCUT2D eigenvalue weighted by molar-refractivity contribution is -0.122. The van der Waals surface area contributed by atoms with Crippen LogP contribution in [0.25, 0.3) is 6.08 Å². The Hall–Kier alpha value is -3.06. The Morgan fingerprint density at radius 3 is 2.45 bits per heavy atom. The summed E-state index contributed by atoms with van der Waals surface area (Å²) in [5, 5.41) is 0.539. The minimum absolute atomic E-state index is 0.202. The number of carbonyl (C=O) groups excluding carboxylic acids is 3. The molecular formula is C25H17Cl2NO4S. The Morgan fingerprint density at radius 2 is 1.70 bits per heavy atom. The van der Waals surface area contributed by atoms with E-state index in [-0.39, 0.29) is 23.8 Å². The fourth-order valence-electron chi connectivity index (χ4n) is 3.16. The van der Waals surface area contributed by atoms with E-state index in [9.17, 15) is 14.4 Å². The van der Waals surface area contributed by atoms with Crippen LogP contribution in [-0.4, -0.2) is 28.4 Å². The van der Waals surface area contributed by atoms with Gasteiger partial charge in [-0.3, -0.25) is 19.3 Å². The molecule has 0 bridgehead atoms. The van der Waals surface area contributed by atoms with Gasteiger partial charge in [-0.2, -0.15) is 0 Å². The van der Waals surface area contributed by atoms with E-state index >= 15 is 0 Å². The van der Waals surface area contributed by atoms with Gasteiger partial charge in [0.15, 0.2) is 5.78 Å². The highest BCUT2D eigenvalue weighted by molar-refractivity contribution is 8.18. The summed E-state index contributed by atoms with van der Waals surface area (Å²) in [6, 6.07) is 20.9.